The van der Waals surface area contributed by atoms with Gasteiger partial charge >= 0.3 is 0 Å². The maximum Gasteiger partial charge on any atom is 0.259 e. The second kappa shape index (κ2) is 7.55. The van der Waals surface area contributed by atoms with Crippen molar-refractivity contribution in [3.63, 3.8) is 0 Å². The summed E-state index contributed by atoms with van der Waals surface area (Å²) < 4.78 is 12.9. The number of hydrogen-bond donors (Lipinski definition) is 0. The van der Waals surface area contributed by atoms with Gasteiger partial charge in [-0.2, -0.15) is 0 Å². The highest BCUT2D eigenvalue weighted by Gasteiger charge is 2.14. The SMILES string of the molecule is CCCCOc1[c]n(CC(C)C)c(=O)c2ccc(-c3cnco3)cc12. The highest BCUT2D eigenvalue weighted by Crippen LogP contribution is 2.29. The zero-order valence-corrected chi connectivity index (χ0v) is 14.9. The first-order chi connectivity index (χ1) is 12.1. The van der Waals surface area contributed by atoms with Gasteiger partial charge in [-0.1, -0.05) is 33.3 Å². The summed E-state index contributed by atoms with van der Waals surface area (Å²) in [5.74, 6) is 1.63. The number of rotatable bonds is 7. The summed E-state index contributed by atoms with van der Waals surface area (Å²) in [4.78, 5) is 16.7. The fraction of sp³-hybridized carbons (Fsp3) is 0.400. The zero-order chi connectivity index (χ0) is 17.8. The van der Waals surface area contributed by atoms with Gasteiger partial charge in [-0.05, 0) is 24.5 Å². The molecular formula is C20H23N2O3. The maximum atomic E-state index is 12.8. The summed E-state index contributed by atoms with van der Waals surface area (Å²) in [6.45, 7) is 7.49. The average Bonchev–Trinajstić information content (AvgIpc) is 3.12. The average molecular weight is 339 g/mol. The Morgan fingerprint density at radius 3 is 2.84 bits per heavy atom. The van der Waals surface area contributed by atoms with E-state index in [1.807, 2.05) is 18.2 Å². The van der Waals surface area contributed by atoms with E-state index in [2.05, 4.69) is 32.0 Å². The second-order valence-corrected chi connectivity index (χ2v) is 6.58. The number of ether oxygens (including phenoxy) is 1. The molecule has 0 spiro atoms. The molecule has 0 unspecified atom stereocenters. The zero-order valence-electron chi connectivity index (χ0n) is 14.9. The minimum atomic E-state index is -0.0457. The van der Waals surface area contributed by atoms with Crippen LogP contribution in [0.4, 0.5) is 0 Å². The van der Waals surface area contributed by atoms with E-state index in [1.54, 1.807) is 10.8 Å². The van der Waals surface area contributed by atoms with E-state index in [1.165, 1.54) is 6.39 Å². The molecule has 3 aromatic rings. The fourth-order valence-electron chi connectivity index (χ4n) is 2.73. The lowest BCUT2D eigenvalue weighted by molar-refractivity contribution is 0.308. The highest BCUT2D eigenvalue weighted by atomic mass is 16.5. The Labute approximate surface area is 147 Å². The molecule has 5 heteroatoms. The Balaban J connectivity index is 2.13. The molecule has 0 fully saturated rings. The number of fused-ring (bicyclic) bond motifs is 1. The molecule has 5 nitrogen and oxygen atoms in total. The molecule has 25 heavy (non-hydrogen) atoms. The third-order valence-electron chi connectivity index (χ3n) is 3.99. The van der Waals surface area contributed by atoms with Gasteiger partial charge in [0.1, 0.15) is 6.20 Å². The lowest BCUT2D eigenvalue weighted by Crippen LogP contribution is -2.23. The molecule has 0 atom stereocenters. The molecule has 0 aliphatic carbocycles. The Hall–Kier alpha value is -2.56. The molecule has 2 heterocycles. The van der Waals surface area contributed by atoms with E-state index < -0.39 is 0 Å². The van der Waals surface area contributed by atoms with Crippen LogP contribution in [0.5, 0.6) is 5.75 Å². The highest BCUT2D eigenvalue weighted by molar-refractivity contribution is 5.90. The van der Waals surface area contributed by atoms with Crippen molar-refractivity contribution in [3.8, 4) is 17.1 Å². The minimum absolute atomic E-state index is 0.0457. The third kappa shape index (κ3) is 3.76. The summed E-state index contributed by atoms with van der Waals surface area (Å²) >= 11 is 0. The van der Waals surface area contributed by atoms with E-state index in [4.69, 9.17) is 9.15 Å². The Bertz CT molecular complexity index is 895. The Kier molecular flexibility index (Phi) is 5.22. The smallest absolute Gasteiger partial charge is 0.259 e. The molecule has 0 aliphatic heterocycles. The van der Waals surface area contributed by atoms with Crippen molar-refractivity contribution in [3.05, 3.63) is 47.3 Å². The van der Waals surface area contributed by atoms with E-state index >= 15 is 0 Å². The van der Waals surface area contributed by atoms with Gasteiger partial charge in [-0.25, -0.2) is 4.98 Å². The number of oxazole rings is 1. The molecule has 1 aromatic carbocycles. The maximum absolute atomic E-state index is 12.8. The molecule has 0 saturated carbocycles. The fourth-order valence-corrected chi connectivity index (χ4v) is 2.73. The van der Waals surface area contributed by atoms with Crippen molar-refractivity contribution >= 4 is 10.8 Å². The summed E-state index contributed by atoms with van der Waals surface area (Å²) in [5.41, 5.74) is 0.815. The van der Waals surface area contributed by atoms with Gasteiger partial charge in [0, 0.05) is 17.5 Å². The molecule has 0 bridgehead atoms. The summed E-state index contributed by atoms with van der Waals surface area (Å²) in [6.07, 6.45) is 8.21. The minimum Gasteiger partial charge on any atom is -0.491 e. The normalized spacial score (nSPS) is 11.4. The molecule has 2 aromatic heterocycles. The van der Waals surface area contributed by atoms with Crippen LogP contribution < -0.4 is 10.3 Å². The number of aromatic nitrogens is 2. The number of unbranched alkanes of at least 4 members (excludes halogenated alkanes) is 1. The van der Waals surface area contributed by atoms with Crippen LogP contribution in [0, 0.1) is 12.1 Å². The first-order valence-corrected chi connectivity index (χ1v) is 8.71. The van der Waals surface area contributed by atoms with E-state index in [0.29, 0.717) is 36.0 Å². The molecule has 0 amide bonds. The van der Waals surface area contributed by atoms with Gasteiger partial charge in [-0.15, -0.1) is 0 Å². The van der Waals surface area contributed by atoms with Crippen LogP contribution in [0.25, 0.3) is 22.1 Å². The number of nitrogens with zero attached hydrogens (tertiary/aromatic N) is 2. The topological polar surface area (TPSA) is 57.3 Å². The molecule has 0 aliphatic rings. The molecule has 131 valence electrons. The van der Waals surface area contributed by atoms with Crippen LogP contribution in [-0.4, -0.2) is 16.2 Å². The molecule has 0 saturated heterocycles. The predicted molar refractivity (Wildman–Crippen MR) is 97.8 cm³/mol. The van der Waals surface area contributed by atoms with Gasteiger partial charge in [0.15, 0.2) is 17.9 Å². The molecular weight excluding hydrogens is 316 g/mol. The monoisotopic (exact) mass is 339 g/mol. The summed E-state index contributed by atoms with van der Waals surface area (Å²) in [6, 6.07) is 5.61. The number of pyridine rings is 1. The van der Waals surface area contributed by atoms with Gasteiger partial charge in [-0.3, -0.25) is 4.79 Å². The van der Waals surface area contributed by atoms with E-state index in [9.17, 15) is 4.79 Å². The van der Waals surface area contributed by atoms with Crippen LogP contribution in [0.1, 0.15) is 33.6 Å². The number of benzene rings is 1. The van der Waals surface area contributed by atoms with Crippen LogP contribution in [0.3, 0.4) is 0 Å². The quantitative estimate of drug-likeness (QED) is 0.603. The van der Waals surface area contributed by atoms with Crippen LogP contribution >= 0.6 is 0 Å². The van der Waals surface area contributed by atoms with Crippen LogP contribution in [0.2, 0.25) is 0 Å². The van der Waals surface area contributed by atoms with Gasteiger partial charge < -0.3 is 13.7 Å². The lowest BCUT2D eigenvalue weighted by atomic mass is 10.1. The van der Waals surface area contributed by atoms with Crippen molar-refractivity contribution in [2.24, 2.45) is 5.92 Å². The molecule has 0 N–H and O–H groups in total. The summed E-state index contributed by atoms with van der Waals surface area (Å²) in [7, 11) is 0. The lowest BCUT2D eigenvalue weighted by Gasteiger charge is -2.14. The molecule has 1 radical (unpaired) electrons. The predicted octanol–water partition coefficient (Wildman–Crippen LogP) is 4.29. The van der Waals surface area contributed by atoms with Gasteiger partial charge in [0.25, 0.3) is 5.56 Å². The van der Waals surface area contributed by atoms with Gasteiger partial charge in [0.2, 0.25) is 0 Å². The number of hydrogen-bond acceptors (Lipinski definition) is 4. The van der Waals surface area contributed by atoms with Crippen molar-refractivity contribution in [1.29, 1.82) is 0 Å². The van der Waals surface area contributed by atoms with Crippen molar-refractivity contribution < 1.29 is 9.15 Å². The Morgan fingerprint density at radius 1 is 1.32 bits per heavy atom. The Morgan fingerprint density at radius 2 is 2.16 bits per heavy atom. The van der Waals surface area contributed by atoms with Crippen molar-refractivity contribution in [2.45, 2.75) is 40.2 Å². The van der Waals surface area contributed by atoms with E-state index in [-0.39, 0.29) is 5.56 Å². The van der Waals surface area contributed by atoms with Crippen molar-refractivity contribution in [2.75, 3.05) is 6.61 Å². The van der Waals surface area contributed by atoms with Crippen LogP contribution in [0.15, 0.2) is 40.0 Å². The van der Waals surface area contributed by atoms with Crippen molar-refractivity contribution in [1.82, 2.24) is 9.55 Å². The first-order valence-electron chi connectivity index (χ1n) is 8.71. The van der Waals surface area contributed by atoms with E-state index in [0.717, 1.165) is 23.8 Å². The third-order valence-corrected chi connectivity index (χ3v) is 3.99. The first kappa shape index (κ1) is 17.3. The van der Waals surface area contributed by atoms with Crippen LogP contribution in [-0.2, 0) is 6.54 Å². The van der Waals surface area contributed by atoms with Gasteiger partial charge in [0.05, 0.1) is 18.2 Å². The largest absolute Gasteiger partial charge is 0.491 e. The molecule has 3 rings (SSSR count). The second-order valence-electron chi connectivity index (χ2n) is 6.58. The summed E-state index contributed by atoms with van der Waals surface area (Å²) in [5, 5.41) is 1.39. The standard InChI is InChI=1S/C20H23N2O3/c1-4-5-8-24-19-12-22(11-14(2)3)20(23)16-7-6-15(9-17(16)19)18-10-21-13-25-18/h6-7,9-10,13-14H,4-5,8,11H2,1-3H3.